The van der Waals surface area contributed by atoms with Crippen LogP contribution in [0.15, 0.2) is 59.6 Å². The number of carbonyl (C=O) groups is 10. The predicted octanol–water partition coefficient (Wildman–Crippen LogP) is -1.99. The molecule has 400 valence electrons. The Morgan fingerprint density at radius 3 is 1.85 bits per heavy atom. The molecule has 9 amide bonds. The molecule has 2 aromatic carbocycles. The normalized spacial score (nSPS) is 15.5. The van der Waals surface area contributed by atoms with Crippen molar-refractivity contribution in [1.29, 1.82) is 0 Å². The molecule has 0 bridgehead atoms. The van der Waals surface area contributed by atoms with E-state index < -0.39 is 114 Å². The highest BCUT2D eigenvalue weighted by molar-refractivity contribution is 7.80. The molecule has 1 aliphatic rings. The quantitative estimate of drug-likeness (QED) is 0.0175. The van der Waals surface area contributed by atoms with Gasteiger partial charge in [-0.15, -0.1) is 0 Å². The van der Waals surface area contributed by atoms with Gasteiger partial charge in [0.1, 0.15) is 53.8 Å². The number of aromatic hydroxyl groups is 1. The van der Waals surface area contributed by atoms with E-state index in [0.29, 0.717) is 17.5 Å². The van der Waals surface area contributed by atoms with E-state index in [2.05, 4.69) is 67.5 Å². The minimum absolute atomic E-state index is 0.00620. The van der Waals surface area contributed by atoms with E-state index in [9.17, 15) is 53.1 Å². The van der Waals surface area contributed by atoms with Gasteiger partial charge in [0, 0.05) is 44.5 Å². The highest BCUT2D eigenvalue weighted by Crippen LogP contribution is 2.20. The molecule has 1 aliphatic heterocycles. The molecule has 7 atom stereocenters. The van der Waals surface area contributed by atoms with Crippen LogP contribution < -0.4 is 54.4 Å². The van der Waals surface area contributed by atoms with Crippen LogP contribution in [0.1, 0.15) is 76.8 Å². The standard InChI is InChI=1S/C48H70N12O11S2/c1-27(2)21-33(42(66)59-37(26-73)47(71)60-19-8-12-38(60)46(70)55-32(11-7-18-52-48(50)51)41(65)53-25-39(49)63)56-43(67)34(22-28(3)61)57-45(69)36(23-29-9-5-4-6-10-29)58-44(68)35(54-40(64)17-20-72)24-30-13-15-31(62)16-14-30/h4-6,9-10,13-16,27,32-38,62,72-73H,7-8,11-12,17-26H2,1-3H3,(H2,49,63)(H,53,65)(H,54,64)(H,55,70)(H,56,67)(H,57,69)(H,58,68)(H,59,66)(H4,50,51,52)/t32-,33+,34+,35+,36+,37+,38+/m1/s1. The summed E-state index contributed by atoms with van der Waals surface area (Å²) in [5.41, 5.74) is 17.2. The molecule has 0 aromatic heterocycles. The number of phenols is 1. The summed E-state index contributed by atoms with van der Waals surface area (Å²) in [6.07, 6.45) is 0.375. The van der Waals surface area contributed by atoms with Crippen LogP contribution in [0.4, 0.5) is 0 Å². The van der Waals surface area contributed by atoms with Crippen molar-refractivity contribution in [1.82, 2.24) is 42.1 Å². The number of likely N-dealkylation sites (tertiary alicyclic amines) is 1. The first-order valence-electron chi connectivity index (χ1n) is 23.9. The molecule has 23 nitrogen and oxygen atoms in total. The smallest absolute Gasteiger partial charge is 0.246 e. The molecule has 0 unspecified atom stereocenters. The third-order valence-electron chi connectivity index (χ3n) is 11.4. The number of aliphatic imine (C=N–C) groups is 1. The molecular weight excluding hydrogens is 985 g/mol. The van der Waals surface area contributed by atoms with Crippen molar-refractivity contribution in [3.8, 4) is 5.75 Å². The number of amides is 9. The summed E-state index contributed by atoms with van der Waals surface area (Å²) in [5.74, 6) is -7.56. The molecule has 1 fully saturated rings. The highest BCUT2D eigenvalue weighted by Gasteiger charge is 2.40. The van der Waals surface area contributed by atoms with Crippen LogP contribution in [-0.2, 0) is 60.8 Å². The third kappa shape index (κ3) is 21.4. The Balaban J connectivity index is 1.83. The fraction of sp³-hybridized carbons (Fsp3) is 0.521. The second-order valence-corrected chi connectivity index (χ2v) is 18.8. The summed E-state index contributed by atoms with van der Waals surface area (Å²) in [6, 6.07) is 5.74. The first-order chi connectivity index (χ1) is 34.6. The minimum atomic E-state index is -1.55. The van der Waals surface area contributed by atoms with Crippen LogP contribution in [0.25, 0.3) is 0 Å². The van der Waals surface area contributed by atoms with E-state index in [0.717, 1.165) is 0 Å². The Kier molecular flexibility index (Phi) is 25.5. The van der Waals surface area contributed by atoms with E-state index in [1.807, 2.05) is 0 Å². The molecule has 14 N–H and O–H groups in total. The van der Waals surface area contributed by atoms with Gasteiger partial charge in [0.2, 0.25) is 53.2 Å². The molecular formula is C48H70N12O11S2. The largest absolute Gasteiger partial charge is 0.508 e. The van der Waals surface area contributed by atoms with E-state index >= 15 is 0 Å². The van der Waals surface area contributed by atoms with Crippen molar-refractivity contribution in [2.24, 2.45) is 28.1 Å². The molecule has 0 saturated carbocycles. The van der Waals surface area contributed by atoms with Crippen molar-refractivity contribution in [2.45, 2.75) is 121 Å². The number of rotatable bonds is 30. The molecule has 0 spiro atoms. The number of Topliss-reactive ketones (excluding diaryl/α,β-unsaturated/α-hetero) is 1. The topological polar surface area (TPSA) is 369 Å². The molecule has 0 aliphatic carbocycles. The number of nitrogens with zero attached hydrogens (tertiary/aromatic N) is 2. The van der Waals surface area contributed by atoms with Gasteiger partial charge in [0.25, 0.3) is 0 Å². The number of guanidine groups is 1. The van der Waals surface area contributed by atoms with E-state index in [-0.39, 0.29) is 87.2 Å². The summed E-state index contributed by atoms with van der Waals surface area (Å²) in [5, 5.41) is 28.0. The van der Waals surface area contributed by atoms with Gasteiger partial charge in [0.05, 0.1) is 6.54 Å². The van der Waals surface area contributed by atoms with Gasteiger partial charge < -0.3 is 64.4 Å². The minimum Gasteiger partial charge on any atom is -0.508 e. The Hall–Kier alpha value is -6.89. The SMILES string of the molecule is CC(=O)C[C@H](NC(=O)[C@H](Cc1ccccc1)NC(=O)[C@H](Cc1ccc(O)cc1)NC(=O)CCS)C(=O)N[C@@H](CC(C)C)C(=O)N[C@@H](CS)C(=O)N1CCC[C@H]1C(=O)N[C@H](CCCN=C(N)N)C(=O)NCC(N)=O. The van der Waals surface area contributed by atoms with Crippen LogP contribution in [0, 0.1) is 5.92 Å². The van der Waals surface area contributed by atoms with Gasteiger partial charge in [-0.05, 0) is 74.0 Å². The summed E-state index contributed by atoms with van der Waals surface area (Å²) < 4.78 is 0. The maximum atomic E-state index is 14.3. The van der Waals surface area contributed by atoms with Crippen LogP contribution in [-0.4, -0.2) is 148 Å². The predicted molar refractivity (Wildman–Crippen MR) is 277 cm³/mol. The van der Waals surface area contributed by atoms with Crippen molar-refractivity contribution in [2.75, 3.05) is 31.1 Å². The van der Waals surface area contributed by atoms with E-state index in [1.54, 1.807) is 56.3 Å². The summed E-state index contributed by atoms with van der Waals surface area (Å²) in [7, 11) is 0. The fourth-order valence-electron chi connectivity index (χ4n) is 7.82. The Morgan fingerprint density at radius 2 is 1.27 bits per heavy atom. The van der Waals surface area contributed by atoms with Crippen LogP contribution >= 0.6 is 25.3 Å². The van der Waals surface area contributed by atoms with E-state index in [1.165, 1.54) is 24.0 Å². The number of phenolic OH excluding ortho intramolecular Hbond substituents is 1. The zero-order chi connectivity index (χ0) is 54.2. The lowest BCUT2D eigenvalue weighted by molar-refractivity contribution is -0.142. The number of hydrogen-bond donors (Lipinski definition) is 13. The molecule has 1 heterocycles. The van der Waals surface area contributed by atoms with Crippen LogP contribution in [0.3, 0.4) is 0 Å². The van der Waals surface area contributed by atoms with Gasteiger partial charge >= 0.3 is 0 Å². The number of nitrogens with two attached hydrogens (primary N) is 3. The zero-order valence-electron chi connectivity index (χ0n) is 41.3. The number of primary amides is 1. The lowest BCUT2D eigenvalue weighted by atomic mass is 10.0. The molecule has 0 radical (unpaired) electrons. The van der Waals surface area contributed by atoms with Crippen molar-refractivity contribution in [3.05, 3.63) is 65.7 Å². The number of hydrogen-bond acceptors (Lipinski definition) is 14. The van der Waals surface area contributed by atoms with Crippen molar-refractivity contribution >= 4 is 90.2 Å². The molecule has 3 rings (SSSR count). The number of nitrogens with one attached hydrogen (secondary N) is 7. The van der Waals surface area contributed by atoms with Crippen LogP contribution in [0.5, 0.6) is 5.75 Å². The summed E-state index contributed by atoms with van der Waals surface area (Å²) in [4.78, 5) is 139. The second-order valence-electron chi connectivity index (χ2n) is 18.0. The maximum absolute atomic E-state index is 14.3. The Labute approximate surface area is 435 Å². The maximum Gasteiger partial charge on any atom is 0.246 e. The Morgan fingerprint density at radius 1 is 0.712 bits per heavy atom. The number of thiol groups is 2. The van der Waals surface area contributed by atoms with Gasteiger partial charge in [-0.2, -0.15) is 25.3 Å². The van der Waals surface area contributed by atoms with Crippen molar-refractivity contribution < 1.29 is 53.1 Å². The number of benzene rings is 2. The van der Waals surface area contributed by atoms with Gasteiger partial charge in [0.15, 0.2) is 5.96 Å². The van der Waals surface area contributed by atoms with Crippen LogP contribution in [0.2, 0.25) is 0 Å². The average molecular weight is 1060 g/mol. The lowest BCUT2D eigenvalue weighted by Crippen LogP contribution is -2.61. The van der Waals surface area contributed by atoms with Crippen molar-refractivity contribution in [3.63, 3.8) is 0 Å². The van der Waals surface area contributed by atoms with Gasteiger partial charge in [-0.25, -0.2) is 0 Å². The third-order valence-corrected chi connectivity index (χ3v) is 12.0. The fourth-order valence-corrected chi connectivity index (χ4v) is 8.27. The summed E-state index contributed by atoms with van der Waals surface area (Å²) in [6.45, 7) is 4.54. The first kappa shape index (κ1) is 60.4. The number of ketones is 1. The first-order valence-corrected chi connectivity index (χ1v) is 25.1. The van der Waals surface area contributed by atoms with Gasteiger partial charge in [-0.1, -0.05) is 56.3 Å². The molecule has 73 heavy (non-hydrogen) atoms. The summed E-state index contributed by atoms with van der Waals surface area (Å²) >= 11 is 8.44. The zero-order valence-corrected chi connectivity index (χ0v) is 43.1. The monoisotopic (exact) mass is 1050 g/mol. The Bertz CT molecular complexity index is 2270. The molecule has 1 saturated heterocycles. The average Bonchev–Trinajstić information content (AvgIpc) is 3.83. The lowest BCUT2D eigenvalue weighted by Gasteiger charge is -2.30. The van der Waals surface area contributed by atoms with Gasteiger partial charge in [-0.3, -0.25) is 52.9 Å². The molecule has 2 aromatic rings. The van der Waals surface area contributed by atoms with E-state index in [4.69, 9.17) is 17.2 Å². The second kappa shape index (κ2) is 30.9. The number of carbonyl (C=O) groups excluding carboxylic acids is 10. The highest BCUT2D eigenvalue weighted by atomic mass is 32.1. The molecule has 25 heteroatoms.